The lowest BCUT2D eigenvalue weighted by Gasteiger charge is -2.19. The van der Waals surface area contributed by atoms with Crippen LogP contribution in [0.1, 0.15) is 11.1 Å². The van der Waals surface area contributed by atoms with Crippen molar-refractivity contribution in [2.24, 2.45) is 0 Å². The van der Waals surface area contributed by atoms with E-state index in [1.807, 2.05) is 43.3 Å². The Bertz CT molecular complexity index is 1400. The van der Waals surface area contributed by atoms with Gasteiger partial charge in [-0.05, 0) is 53.8 Å². The van der Waals surface area contributed by atoms with Crippen molar-refractivity contribution in [1.82, 2.24) is 9.13 Å². The Balaban J connectivity index is 1.72. The van der Waals surface area contributed by atoms with E-state index in [2.05, 4.69) is 0 Å². The van der Waals surface area contributed by atoms with E-state index in [9.17, 15) is 14.4 Å². The Hall–Kier alpha value is -3.65. The monoisotopic (exact) mass is 449 g/mol. The normalized spacial score (nSPS) is 11.0. The van der Waals surface area contributed by atoms with Gasteiger partial charge in [0.15, 0.2) is 0 Å². The lowest BCUT2D eigenvalue weighted by molar-refractivity contribution is -0.118. The molecule has 0 aliphatic heterocycles. The van der Waals surface area contributed by atoms with Gasteiger partial charge < -0.3 is 9.64 Å². The fraction of sp³-hybridized carbons (Fsp3) is 0.208. The molecule has 8 heteroatoms. The molecule has 2 aromatic carbocycles. The molecule has 32 heavy (non-hydrogen) atoms. The number of ether oxygens (including phenoxy) is 1. The summed E-state index contributed by atoms with van der Waals surface area (Å²) < 4.78 is 8.18. The number of hydrogen-bond acceptors (Lipinski definition) is 5. The first kappa shape index (κ1) is 21.6. The molecule has 4 rings (SSSR count). The van der Waals surface area contributed by atoms with Gasteiger partial charge in [-0.25, -0.2) is 4.79 Å². The third kappa shape index (κ3) is 4.09. The SMILES string of the molecule is COc1ccc(Cn2c(=O)c3sccc3n(CC(=O)N(C)c3cccc(C)c3)c2=O)cc1. The smallest absolute Gasteiger partial charge is 0.332 e. The molecule has 2 heterocycles. The van der Waals surface area contributed by atoms with E-state index < -0.39 is 5.69 Å². The molecule has 0 unspecified atom stereocenters. The number of benzene rings is 2. The van der Waals surface area contributed by atoms with Crippen LogP contribution in [0.4, 0.5) is 5.69 Å². The van der Waals surface area contributed by atoms with Crippen molar-refractivity contribution in [3.63, 3.8) is 0 Å². The van der Waals surface area contributed by atoms with Crippen LogP contribution in [0, 0.1) is 6.92 Å². The third-order valence-electron chi connectivity index (χ3n) is 5.39. The molecule has 4 aromatic rings. The highest BCUT2D eigenvalue weighted by Crippen LogP contribution is 2.18. The predicted molar refractivity (Wildman–Crippen MR) is 127 cm³/mol. The number of likely N-dealkylation sites (N-methyl/N-ethyl adjacent to an activating group) is 1. The Morgan fingerprint density at radius 3 is 2.50 bits per heavy atom. The zero-order valence-electron chi connectivity index (χ0n) is 18.1. The third-order valence-corrected chi connectivity index (χ3v) is 6.28. The van der Waals surface area contributed by atoms with E-state index in [4.69, 9.17) is 4.74 Å². The number of thiophene rings is 1. The van der Waals surface area contributed by atoms with Gasteiger partial charge in [-0.1, -0.05) is 24.3 Å². The largest absolute Gasteiger partial charge is 0.497 e. The van der Waals surface area contributed by atoms with Gasteiger partial charge in [-0.2, -0.15) is 0 Å². The van der Waals surface area contributed by atoms with Crippen LogP contribution < -0.4 is 20.9 Å². The van der Waals surface area contributed by atoms with Crippen LogP contribution in [0.25, 0.3) is 10.2 Å². The second-order valence-electron chi connectivity index (χ2n) is 7.53. The van der Waals surface area contributed by atoms with Gasteiger partial charge in [0, 0.05) is 12.7 Å². The number of carbonyl (C=O) groups excluding carboxylic acids is 1. The minimum Gasteiger partial charge on any atom is -0.497 e. The number of nitrogens with zero attached hydrogens (tertiary/aromatic N) is 3. The first-order valence-corrected chi connectivity index (χ1v) is 10.9. The molecule has 0 saturated carbocycles. The fourth-order valence-corrected chi connectivity index (χ4v) is 4.40. The molecular weight excluding hydrogens is 426 g/mol. The number of aryl methyl sites for hydroxylation is 1. The topological polar surface area (TPSA) is 73.5 Å². The van der Waals surface area contributed by atoms with E-state index >= 15 is 0 Å². The van der Waals surface area contributed by atoms with Crippen molar-refractivity contribution in [3.8, 4) is 5.75 Å². The Kier molecular flexibility index (Phi) is 5.96. The van der Waals surface area contributed by atoms with Gasteiger partial charge in [0.1, 0.15) is 17.0 Å². The molecule has 0 atom stereocenters. The maximum atomic E-state index is 13.3. The summed E-state index contributed by atoms with van der Waals surface area (Å²) in [5.74, 6) is 0.442. The van der Waals surface area contributed by atoms with Crippen molar-refractivity contribution in [2.45, 2.75) is 20.0 Å². The van der Waals surface area contributed by atoms with Crippen LogP contribution in [0.3, 0.4) is 0 Å². The summed E-state index contributed by atoms with van der Waals surface area (Å²) in [6.45, 7) is 1.90. The summed E-state index contributed by atoms with van der Waals surface area (Å²) in [4.78, 5) is 40.9. The van der Waals surface area contributed by atoms with Gasteiger partial charge in [-0.3, -0.25) is 18.7 Å². The summed E-state index contributed by atoms with van der Waals surface area (Å²) in [5.41, 5.74) is 2.18. The number of aromatic nitrogens is 2. The number of rotatable bonds is 6. The van der Waals surface area contributed by atoms with Gasteiger partial charge in [0.25, 0.3) is 5.56 Å². The van der Waals surface area contributed by atoms with Crippen LogP contribution in [0.15, 0.2) is 69.6 Å². The first-order valence-electron chi connectivity index (χ1n) is 10.1. The number of hydrogen-bond donors (Lipinski definition) is 0. The molecule has 2 aromatic heterocycles. The highest BCUT2D eigenvalue weighted by atomic mass is 32.1. The molecule has 7 nitrogen and oxygen atoms in total. The molecule has 0 spiro atoms. The van der Waals surface area contributed by atoms with E-state index in [0.717, 1.165) is 16.8 Å². The number of amides is 1. The fourth-order valence-electron chi connectivity index (χ4n) is 3.56. The van der Waals surface area contributed by atoms with Gasteiger partial charge >= 0.3 is 5.69 Å². The summed E-state index contributed by atoms with van der Waals surface area (Å²) in [6, 6.07) is 16.5. The quantitative estimate of drug-likeness (QED) is 0.453. The second kappa shape index (κ2) is 8.84. The molecule has 0 radical (unpaired) electrons. The van der Waals surface area contributed by atoms with Crippen molar-refractivity contribution in [1.29, 1.82) is 0 Å². The Morgan fingerprint density at radius 2 is 1.81 bits per heavy atom. The molecule has 0 aliphatic carbocycles. The minimum atomic E-state index is -0.511. The zero-order chi connectivity index (χ0) is 22.8. The maximum Gasteiger partial charge on any atom is 0.332 e. The molecule has 164 valence electrons. The van der Waals surface area contributed by atoms with Gasteiger partial charge in [-0.15, -0.1) is 11.3 Å². The summed E-state index contributed by atoms with van der Waals surface area (Å²) in [6.07, 6.45) is 0. The van der Waals surface area contributed by atoms with Crippen molar-refractivity contribution < 1.29 is 9.53 Å². The van der Waals surface area contributed by atoms with Crippen LogP contribution in [0.2, 0.25) is 0 Å². The second-order valence-corrected chi connectivity index (χ2v) is 8.45. The number of fused-ring (bicyclic) bond motifs is 1. The highest BCUT2D eigenvalue weighted by molar-refractivity contribution is 7.17. The molecule has 0 fully saturated rings. The predicted octanol–water partition coefficient (Wildman–Crippen LogP) is 3.25. The van der Waals surface area contributed by atoms with Crippen molar-refractivity contribution in [2.75, 3.05) is 19.1 Å². The summed E-state index contributed by atoms with van der Waals surface area (Å²) in [7, 11) is 3.26. The number of methoxy groups -OCH3 is 1. The number of carbonyl (C=O) groups is 1. The Labute approximate surface area is 188 Å². The van der Waals surface area contributed by atoms with Crippen LogP contribution in [0.5, 0.6) is 5.75 Å². The van der Waals surface area contributed by atoms with Crippen LogP contribution in [-0.2, 0) is 17.9 Å². The van der Waals surface area contributed by atoms with Gasteiger partial charge in [0.05, 0.1) is 19.2 Å². The van der Waals surface area contributed by atoms with E-state index in [-0.39, 0.29) is 24.6 Å². The van der Waals surface area contributed by atoms with Crippen LogP contribution in [-0.4, -0.2) is 29.2 Å². The summed E-state index contributed by atoms with van der Waals surface area (Å²) in [5, 5.41) is 1.76. The number of anilines is 1. The average Bonchev–Trinajstić information content (AvgIpc) is 3.29. The molecule has 0 bridgehead atoms. The first-order chi connectivity index (χ1) is 15.4. The van der Waals surface area contributed by atoms with E-state index in [1.54, 1.807) is 37.7 Å². The van der Waals surface area contributed by atoms with E-state index in [1.165, 1.54) is 25.4 Å². The molecular formula is C24H23N3O4S. The molecule has 0 N–H and O–H groups in total. The molecule has 0 saturated heterocycles. The van der Waals surface area contributed by atoms with Gasteiger partial charge in [0.2, 0.25) is 5.91 Å². The molecule has 1 amide bonds. The van der Waals surface area contributed by atoms with E-state index in [0.29, 0.717) is 16.0 Å². The van der Waals surface area contributed by atoms with Crippen molar-refractivity contribution in [3.05, 3.63) is 91.9 Å². The highest BCUT2D eigenvalue weighted by Gasteiger charge is 2.19. The molecule has 0 aliphatic rings. The minimum absolute atomic E-state index is 0.109. The maximum absolute atomic E-state index is 13.3. The zero-order valence-corrected chi connectivity index (χ0v) is 18.9. The van der Waals surface area contributed by atoms with Crippen molar-refractivity contribution >= 4 is 33.1 Å². The lowest BCUT2D eigenvalue weighted by atomic mass is 10.2. The average molecular weight is 450 g/mol. The lowest BCUT2D eigenvalue weighted by Crippen LogP contribution is -2.42. The Morgan fingerprint density at radius 1 is 1.06 bits per heavy atom. The standard InChI is InChI=1S/C24H23N3O4S/c1-16-5-4-6-18(13-16)25(2)21(28)15-26-20-11-12-32-22(20)23(29)27(24(26)30)14-17-7-9-19(31-3)10-8-17/h4-13H,14-15H2,1-3H3. The summed E-state index contributed by atoms with van der Waals surface area (Å²) >= 11 is 1.26. The van der Waals surface area contributed by atoms with Crippen LogP contribution >= 0.6 is 11.3 Å².